The van der Waals surface area contributed by atoms with Crippen LogP contribution in [0.25, 0.3) is 0 Å². The third kappa shape index (κ3) is 5.04. The number of piperidine rings is 2. The molecule has 5 heteroatoms. The molecule has 144 valence electrons. The standard InChI is InChI=1S/C21H31FN2O2/c1-26-14-13-23-10-3-2-7-20(23)18-8-11-24(12-9-18)21(25)16-17-5-4-6-19(22)15-17/h4-6,15,18,20H,2-3,7-14,16H2,1H3. The molecule has 1 aromatic rings. The molecule has 2 fully saturated rings. The summed E-state index contributed by atoms with van der Waals surface area (Å²) < 4.78 is 18.6. The highest BCUT2D eigenvalue weighted by atomic mass is 19.1. The van der Waals surface area contributed by atoms with E-state index in [9.17, 15) is 9.18 Å². The summed E-state index contributed by atoms with van der Waals surface area (Å²) >= 11 is 0. The Morgan fingerprint density at radius 2 is 2.00 bits per heavy atom. The third-order valence-electron chi connectivity index (χ3n) is 5.93. The number of ether oxygens (including phenoxy) is 1. The predicted molar refractivity (Wildman–Crippen MR) is 100 cm³/mol. The van der Waals surface area contributed by atoms with Gasteiger partial charge >= 0.3 is 0 Å². The lowest BCUT2D eigenvalue weighted by atomic mass is 9.83. The second-order valence-corrected chi connectivity index (χ2v) is 7.62. The van der Waals surface area contributed by atoms with Crippen molar-refractivity contribution in [2.24, 2.45) is 5.92 Å². The molecule has 2 heterocycles. The fraction of sp³-hybridized carbons (Fsp3) is 0.667. The fourth-order valence-corrected chi connectivity index (χ4v) is 4.50. The number of rotatable bonds is 6. The molecular formula is C21H31FN2O2. The molecule has 0 aliphatic carbocycles. The molecule has 2 aliphatic heterocycles. The van der Waals surface area contributed by atoms with Gasteiger partial charge in [-0.15, -0.1) is 0 Å². The summed E-state index contributed by atoms with van der Waals surface area (Å²) in [5.74, 6) is 0.516. The minimum Gasteiger partial charge on any atom is -0.383 e. The molecule has 0 radical (unpaired) electrons. The molecule has 0 bridgehead atoms. The molecular weight excluding hydrogens is 331 g/mol. The Kier molecular flexibility index (Phi) is 7.03. The van der Waals surface area contributed by atoms with Gasteiger partial charge in [-0.05, 0) is 55.8 Å². The van der Waals surface area contributed by atoms with Gasteiger partial charge < -0.3 is 9.64 Å². The molecule has 1 unspecified atom stereocenters. The van der Waals surface area contributed by atoms with Crippen molar-refractivity contribution in [2.75, 3.05) is 39.9 Å². The average Bonchev–Trinajstić information content (AvgIpc) is 2.67. The highest BCUT2D eigenvalue weighted by molar-refractivity contribution is 5.78. The van der Waals surface area contributed by atoms with Crippen LogP contribution in [-0.2, 0) is 16.0 Å². The molecule has 0 spiro atoms. The molecule has 0 saturated carbocycles. The SMILES string of the molecule is COCCN1CCCCC1C1CCN(C(=O)Cc2cccc(F)c2)CC1. The summed E-state index contributed by atoms with van der Waals surface area (Å²) in [6.45, 7) is 4.63. The Morgan fingerprint density at radius 1 is 1.19 bits per heavy atom. The third-order valence-corrected chi connectivity index (χ3v) is 5.93. The lowest BCUT2D eigenvalue weighted by Crippen LogP contribution is -2.49. The minimum atomic E-state index is -0.276. The molecule has 0 N–H and O–H groups in total. The van der Waals surface area contributed by atoms with E-state index in [-0.39, 0.29) is 11.7 Å². The summed E-state index contributed by atoms with van der Waals surface area (Å²) in [6, 6.07) is 7.00. The highest BCUT2D eigenvalue weighted by Crippen LogP contribution is 2.30. The van der Waals surface area contributed by atoms with E-state index in [1.54, 1.807) is 13.2 Å². The van der Waals surface area contributed by atoms with Crippen molar-refractivity contribution in [3.05, 3.63) is 35.6 Å². The predicted octanol–water partition coefficient (Wildman–Crippen LogP) is 3.11. The Balaban J connectivity index is 1.50. The summed E-state index contributed by atoms with van der Waals surface area (Å²) in [5.41, 5.74) is 0.759. The zero-order valence-electron chi connectivity index (χ0n) is 15.8. The normalized spacial score (nSPS) is 22.5. The van der Waals surface area contributed by atoms with Crippen LogP contribution in [0, 0.1) is 11.7 Å². The van der Waals surface area contributed by atoms with Crippen LogP contribution in [0.4, 0.5) is 4.39 Å². The van der Waals surface area contributed by atoms with E-state index in [4.69, 9.17) is 4.74 Å². The minimum absolute atomic E-state index is 0.119. The van der Waals surface area contributed by atoms with Crippen molar-refractivity contribution in [1.29, 1.82) is 0 Å². The van der Waals surface area contributed by atoms with Crippen LogP contribution in [0.5, 0.6) is 0 Å². The maximum atomic E-state index is 13.3. The average molecular weight is 362 g/mol. The van der Waals surface area contributed by atoms with E-state index < -0.39 is 0 Å². The summed E-state index contributed by atoms with van der Waals surface area (Å²) in [6.07, 6.45) is 6.31. The van der Waals surface area contributed by atoms with Crippen molar-refractivity contribution in [3.8, 4) is 0 Å². The van der Waals surface area contributed by atoms with Gasteiger partial charge in [0.25, 0.3) is 0 Å². The first-order valence-corrected chi connectivity index (χ1v) is 9.92. The molecule has 2 aliphatic rings. The summed E-state index contributed by atoms with van der Waals surface area (Å²) in [4.78, 5) is 17.1. The van der Waals surface area contributed by atoms with Crippen molar-refractivity contribution in [1.82, 2.24) is 9.80 Å². The smallest absolute Gasteiger partial charge is 0.226 e. The number of halogens is 1. The fourth-order valence-electron chi connectivity index (χ4n) is 4.50. The number of carbonyl (C=O) groups excluding carboxylic acids is 1. The van der Waals surface area contributed by atoms with E-state index in [1.165, 1.54) is 37.9 Å². The van der Waals surface area contributed by atoms with Gasteiger partial charge in [0.05, 0.1) is 13.0 Å². The number of methoxy groups -OCH3 is 1. The van der Waals surface area contributed by atoms with E-state index in [0.29, 0.717) is 18.4 Å². The van der Waals surface area contributed by atoms with E-state index in [2.05, 4.69) is 4.90 Å². The molecule has 0 aromatic heterocycles. The maximum Gasteiger partial charge on any atom is 0.226 e. The van der Waals surface area contributed by atoms with Crippen LogP contribution in [-0.4, -0.2) is 61.6 Å². The first-order valence-electron chi connectivity index (χ1n) is 9.92. The van der Waals surface area contributed by atoms with Crippen molar-refractivity contribution in [2.45, 2.75) is 44.6 Å². The molecule has 1 atom stereocenters. The Hall–Kier alpha value is -1.46. The number of likely N-dealkylation sites (tertiary alicyclic amines) is 2. The monoisotopic (exact) mass is 362 g/mol. The zero-order chi connectivity index (χ0) is 18.4. The molecule has 3 rings (SSSR count). The van der Waals surface area contributed by atoms with E-state index in [1.807, 2.05) is 11.0 Å². The van der Waals surface area contributed by atoms with Gasteiger partial charge in [-0.25, -0.2) is 4.39 Å². The van der Waals surface area contributed by atoms with Crippen LogP contribution in [0.1, 0.15) is 37.7 Å². The molecule has 4 nitrogen and oxygen atoms in total. The number of hydrogen-bond acceptors (Lipinski definition) is 3. The van der Waals surface area contributed by atoms with E-state index >= 15 is 0 Å². The molecule has 1 amide bonds. The Bertz CT molecular complexity index is 587. The van der Waals surface area contributed by atoms with E-state index in [0.717, 1.165) is 44.6 Å². The van der Waals surface area contributed by atoms with Crippen molar-refractivity contribution in [3.63, 3.8) is 0 Å². The number of nitrogens with zero attached hydrogens (tertiary/aromatic N) is 2. The highest BCUT2D eigenvalue weighted by Gasteiger charge is 2.33. The summed E-state index contributed by atoms with van der Waals surface area (Å²) in [7, 11) is 1.77. The van der Waals surface area contributed by atoms with Crippen molar-refractivity contribution >= 4 is 5.91 Å². The van der Waals surface area contributed by atoms with Gasteiger partial charge in [-0.1, -0.05) is 18.6 Å². The second kappa shape index (κ2) is 9.47. The lowest BCUT2D eigenvalue weighted by molar-refractivity contribution is -0.132. The molecule has 26 heavy (non-hydrogen) atoms. The lowest BCUT2D eigenvalue weighted by Gasteiger charge is -2.43. The van der Waals surface area contributed by atoms with Crippen LogP contribution >= 0.6 is 0 Å². The number of carbonyl (C=O) groups is 1. The number of benzene rings is 1. The largest absolute Gasteiger partial charge is 0.383 e. The number of hydrogen-bond donors (Lipinski definition) is 0. The summed E-state index contributed by atoms with van der Waals surface area (Å²) in [5, 5.41) is 0. The van der Waals surface area contributed by atoms with Crippen LogP contribution in [0.2, 0.25) is 0 Å². The zero-order valence-corrected chi connectivity index (χ0v) is 15.8. The van der Waals surface area contributed by atoms with Gasteiger partial charge in [0.2, 0.25) is 5.91 Å². The first-order chi connectivity index (χ1) is 12.7. The Morgan fingerprint density at radius 3 is 2.73 bits per heavy atom. The van der Waals surface area contributed by atoms with Gasteiger partial charge in [0.15, 0.2) is 0 Å². The van der Waals surface area contributed by atoms with Gasteiger partial charge in [-0.3, -0.25) is 9.69 Å². The van der Waals surface area contributed by atoms with Gasteiger partial charge in [0.1, 0.15) is 5.82 Å². The quantitative estimate of drug-likeness (QED) is 0.780. The van der Waals surface area contributed by atoms with Gasteiger partial charge in [-0.2, -0.15) is 0 Å². The Labute approximate surface area is 156 Å². The molecule has 1 aromatic carbocycles. The van der Waals surface area contributed by atoms with Crippen LogP contribution in [0.3, 0.4) is 0 Å². The maximum absolute atomic E-state index is 13.3. The molecule has 2 saturated heterocycles. The van der Waals surface area contributed by atoms with Crippen molar-refractivity contribution < 1.29 is 13.9 Å². The second-order valence-electron chi connectivity index (χ2n) is 7.62. The number of amides is 1. The van der Waals surface area contributed by atoms with Crippen LogP contribution < -0.4 is 0 Å². The van der Waals surface area contributed by atoms with Crippen LogP contribution in [0.15, 0.2) is 24.3 Å². The topological polar surface area (TPSA) is 32.8 Å². The first kappa shape index (κ1) is 19.3. The van der Waals surface area contributed by atoms with Gasteiger partial charge in [0, 0.05) is 32.8 Å².